The number of nitrogens with one attached hydrogen (secondary N) is 3. The molecule has 2 rings (SSSR count). The van der Waals surface area contributed by atoms with E-state index < -0.39 is 0 Å². The van der Waals surface area contributed by atoms with E-state index in [2.05, 4.69) is 49.8 Å². The van der Waals surface area contributed by atoms with Gasteiger partial charge in [-0.1, -0.05) is 6.07 Å². The molecule has 2 aromatic heterocycles. The number of aliphatic imine (C=N–C) groups is 1. The van der Waals surface area contributed by atoms with Crippen LogP contribution in [0.25, 0.3) is 0 Å². The minimum atomic E-state index is 0. The van der Waals surface area contributed by atoms with Crippen LogP contribution in [0.1, 0.15) is 19.8 Å². The molecule has 0 aliphatic carbocycles. The van der Waals surface area contributed by atoms with Gasteiger partial charge in [-0.25, -0.2) is 4.98 Å². The molecule has 0 saturated heterocycles. The third-order valence-corrected chi connectivity index (χ3v) is 3.50. The van der Waals surface area contributed by atoms with Gasteiger partial charge in [0.1, 0.15) is 5.82 Å². The van der Waals surface area contributed by atoms with Crippen LogP contribution in [-0.2, 0) is 6.54 Å². The molecule has 0 radical (unpaired) electrons. The van der Waals surface area contributed by atoms with Crippen LogP contribution in [0.5, 0.6) is 0 Å². The van der Waals surface area contributed by atoms with Crippen molar-refractivity contribution in [1.82, 2.24) is 20.2 Å². The molecule has 2 aromatic rings. The van der Waals surface area contributed by atoms with E-state index in [1.165, 1.54) is 0 Å². The Labute approximate surface area is 167 Å². The van der Waals surface area contributed by atoms with Crippen molar-refractivity contribution in [3.63, 3.8) is 0 Å². The van der Waals surface area contributed by atoms with Crippen molar-refractivity contribution >= 4 is 35.8 Å². The van der Waals surface area contributed by atoms with Gasteiger partial charge in [0.25, 0.3) is 0 Å². The van der Waals surface area contributed by atoms with Gasteiger partial charge in [-0.2, -0.15) is 0 Å². The molecule has 6 nitrogen and oxygen atoms in total. The van der Waals surface area contributed by atoms with Gasteiger partial charge >= 0.3 is 0 Å². The quantitative estimate of drug-likeness (QED) is 0.223. The molecule has 25 heavy (non-hydrogen) atoms. The Balaban J connectivity index is 0.00000312. The third-order valence-electron chi connectivity index (χ3n) is 3.50. The Morgan fingerprint density at radius 1 is 1.08 bits per heavy atom. The first-order valence-corrected chi connectivity index (χ1v) is 8.66. The summed E-state index contributed by atoms with van der Waals surface area (Å²) < 4.78 is 2.15. The van der Waals surface area contributed by atoms with Gasteiger partial charge in [-0.3, -0.25) is 4.99 Å². The average molecular weight is 456 g/mol. The number of halogens is 1. The lowest BCUT2D eigenvalue weighted by molar-refractivity contribution is 0.663. The molecule has 0 aromatic carbocycles. The highest BCUT2D eigenvalue weighted by molar-refractivity contribution is 14.0. The van der Waals surface area contributed by atoms with Gasteiger partial charge in [-0.15, -0.1) is 24.0 Å². The smallest absolute Gasteiger partial charge is 0.191 e. The van der Waals surface area contributed by atoms with Gasteiger partial charge in [0.15, 0.2) is 5.96 Å². The molecule has 3 N–H and O–H groups in total. The van der Waals surface area contributed by atoms with E-state index in [9.17, 15) is 0 Å². The number of guanidine groups is 1. The highest BCUT2D eigenvalue weighted by Crippen LogP contribution is 2.00. The summed E-state index contributed by atoms with van der Waals surface area (Å²) in [5.74, 6) is 1.82. The van der Waals surface area contributed by atoms with E-state index in [0.29, 0.717) is 0 Å². The predicted octanol–water partition coefficient (Wildman–Crippen LogP) is 2.95. The Kier molecular flexibility index (Phi) is 11.5. The molecule has 0 unspecified atom stereocenters. The third kappa shape index (κ3) is 9.33. The largest absolute Gasteiger partial charge is 0.370 e. The summed E-state index contributed by atoms with van der Waals surface area (Å²) in [5.41, 5.74) is 0. The lowest BCUT2D eigenvalue weighted by Gasteiger charge is -2.11. The zero-order chi connectivity index (χ0) is 16.9. The molecule has 0 amide bonds. The molecule has 0 fully saturated rings. The van der Waals surface area contributed by atoms with Gasteiger partial charge in [-0.05, 0) is 44.0 Å². The fourth-order valence-electron chi connectivity index (χ4n) is 2.28. The predicted molar refractivity (Wildman–Crippen MR) is 116 cm³/mol. The van der Waals surface area contributed by atoms with Crippen LogP contribution >= 0.6 is 24.0 Å². The van der Waals surface area contributed by atoms with Crippen LogP contribution in [-0.4, -0.2) is 41.7 Å². The topological polar surface area (TPSA) is 66.3 Å². The van der Waals surface area contributed by atoms with E-state index in [-0.39, 0.29) is 24.0 Å². The lowest BCUT2D eigenvalue weighted by atomic mass is 10.3. The molecule has 138 valence electrons. The molecule has 0 bridgehead atoms. The first-order valence-electron chi connectivity index (χ1n) is 8.66. The van der Waals surface area contributed by atoms with E-state index in [1.807, 2.05) is 30.3 Å². The number of nitrogens with zero attached hydrogens (tertiary/aromatic N) is 3. The summed E-state index contributed by atoms with van der Waals surface area (Å²) in [6, 6.07) is 9.97. The van der Waals surface area contributed by atoms with Crippen molar-refractivity contribution in [3.05, 3.63) is 48.9 Å². The summed E-state index contributed by atoms with van der Waals surface area (Å²) in [6.45, 7) is 6.50. The van der Waals surface area contributed by atoms with Crippen LogP contribution in [0.15, 0.2) is 53.9 Å². The number of anilines is 1. The SMILES string of the molecule is CCNC(=NCCCCNc1ccccn1)NCCn1cccc1.I. The molecular weight excluding hydrogens is 427 g/mol. The van der Waals surface area contributed by atoms with E-state index in [1.54, 1.807) is 6.20 Å². The van der Waals surface area contributed by atoms with Crippen molar-refractivity contribution in [2.45, 2.75) is 26.3 Å². The van der Waals surface area contributed by atoms with E-state index in [0.717, 1.165) is 57.3 Å². The second-order valence-corrected chi connectivity index (χ2v) is 5.46. The molecule has 0 spiro atoms. The normalized spacial score (nSPS) is 10.8. The van der Waals surface area contributed by atoms with Gasteiger partial charge in [0.2, 0.25) is 0 Å². The number of unbranched alkanes of at least 4 members (excludes halogenated alkanes) is 1. The molecular formula is C18H29IN6. The Morgan fingerprint density at radius 2 is 1.92 bits per heavy atom. The number of pyridine rings is 1. The average Bonchev–Trinajstić information content (AvgIpc) is 3.12. The summed E-state index contributed by atoms with van der Waals surface area (Å²) in [7, 11) is 0. The van der Waals surface area contributed by atoms with E-state index >= 15 is 0 Å². The second kappa shape index (κ2) is 13.5. The minimum Gasteiger partial charge on any atom is -0.370 e. The van der Waals surface area contributed by atoms with Crippen molar-refractivity contribution in [3.8, 4) is 0 Å². The summed E-state index contributed by atoms with van der Waals surface area (Å²) >= 11 is 0. The highest BCUT2D eigenvalue weighted by atomic mass is 127. The maximum Gasteiger partial charge on any atom is 0.191 e. The van der Waals surface area contributed by atoms with Crippen molar-refractivity contribution in [2.75, 3.05) is 31.5 Å². The van der Waals surface area contributed by atoms with Gasteiger partial charge in [0.05, 0.1) is 0 Å². The van der Waals surface area contributed by atoms with E-state index in [4.69, 9.17) is 0 Å². The Hall–Kier alpha value is -1.77. The summed E-state index contributed by atoms with van der Waals surface area (Å²) in [4.78, 5) is 8.86. The van der Waals surface area contributed by atoms with Gasteiger partial charge < -0.3 is 20.5 Å². The number of hydrogen-bond donors (Lipinski definition) is 3. The maximum atomic E-state index is 4.62. The molecule has 7 heteroatoms. The first-order chi connectivity index (χ1) is 11.9. The van der Waals surface area contributed by atoms with Crippen LogP contribution in [0.4, 0.5) is 5.82 Å². The fourth-order valence-corrected chi connectivity index (χ4v) is 2.28. The zero-order valence-electron chi connectivity index (χ0n) is 14.8. The Morgan fingerprint density at radius 3 is 2.64 bits per heavy atom. The van der Waals surface area contributed by atoms with Crippen molar-refractivity contribution in [2.24, 2.45) is 4.99 Å². The number of rotatable bonds is 10. The second-order valence-electron chi connectivity index (χ2n) is 5.46. The molecule has 0 saturated carbocycles. The van der Waals surface area contributed by atoms with Crippen LogP contribution in [0.3, 0.4) is 0 Å². The fraction of sp³-hybridized carbons (Fsp3) is 0.444. The van der Waals surface area contributed by atoms with Crippen LogP contribution in [0.2, 0.25) is 0 Å². The molecule has 0 atom stereocenters. The summed E-state index contributed by atoms with van der Waals surface area (Å²) in [5, 5.41) is 9.97. The number of hydrogen-bond acceptors (Lipinski definition) is 3. The van der Waals surface area contributed by atoms with Crippen LogP contribution in [0, 0.1) is 0 Å². The van der Waals surface area contributed by atoms with Gasteiger partial charge in [0, 0.05) is 51.3 Å². The molecule has 0 aliphatic heterocycles. The molecule has 0 aliphatic rings. The maximum absolute atomic E-state index is 4.62. The highest BCUT2D eigenvalue weighted by Gasteiger charge is 1.97. The zero-order valence-corrected chi connectivity index (χ0v) is 17.1. The van der Waals surface area contributed by atoms with Crippen molar-refractivity contribution in [1.29, 1.82) is 0 Å². The lowest BCUT2D eigenvalue weighted by Crippen LogP contribution is -2.38. The molecule has 2 heterocycles. The minimum absolute atomic E-state index is 0. The summed E-state index contributed by atoms with van der Waals surface area (Å²) in [6.07, 6.45) is 8.06. The van der Waals surface area contributed by atoms with Crippen LogP contribution < -0.4 is 16.0 Å². The number of aromatic nitrogens is 2. The standard InChI is InChI=1S/C18H28N6.HI/c1-2-19-18(23-13-16-24-14-7-8-15-24)22-12-6-5-11-21-17-9-3-4-10-20-17;/h3-4,7-10,14-15H,2,5-6,11-13,16H2,1H3,(H,20,21)(H2,19,22,23);1H. The van der Waals surface area contributed by atoms with Crippen molar-refractivity contribution < 1.29 is 0 Å². The Bertz CT molecular complexity index is 571. The monoisotopic (exact) mass is 456 g/mol. The first kappa shape index (κ1) is 21.3.